The van der Waals surface area contributed by atoms with Crippen molar-refractivity contribution >= 4 is 56.5 Å². The molecule has 0 aromatic heterocycles. The summed E-state index contributed by atoms with van der Waals surface area (Å²) in [7, 11) is -3.60. The molecule has 5 nitrogen and oxygen atoms in total. The maximum Gasteiger partial charge on any atom is 0.238 e. The number of carbonyl (C=O) groups excluding carboxylic acids is 1. The lowest BCUT2D eigenvalue weighted by Crippen LogP contribution is -2.39. The minimum atomic E-state index is -3.60. The number of thiocarbonyl (C=S) groups is 1. The summed E-state index contributed by atoms with van der Waals surface area (Å²) in [6, 6.07) is 15.0. The van der Waals surface area contributed by atoms with E-state index in [1.165, 1.54) is 24.3 Å². The summed E-state index contributed by atoms with van der Waals surface area (Å²) < 4.78 is 25.6. The van der Waals surface area contributed by atoms with Gasteiger partial charge in [0.2, 0.25) is 5.91 Å². The fraction of sp³-hybridized carbons (Fsp3) is 0.176. The standard InChI is InChI=1S/C17H17ClN2O3S3/c18-14-6-8-15(9-7-14)26(22,23)11-13(12-4-2-1-3-5-12)10-16(21)19-20-17(24)25/h1-9,13H,10-11H2,(H,19,21)(H2,20,24,25). The van der Waals surface area contributed by atoms with Gasteiger partial charge in [-0.3, -0.25) is 15.6 Å². The summed E-state index contributed by atoms with van der Waals surface area (Å²) in [5, 5.41) is 0.455. The van der Waals surface area contributed by atoms with Crippen LogP contribution in [-0.4, -0.2) is 24.4 Å². The molecule has 2 rings (SSSR count). The molecular weight excluding hydrogens is 412 g/mol. The third-order valence-corrected chi connectivity index (χ3v) is 5.90. The van der Waals surface area contributed by atoms with Crippen molar-refractivity contribution in [3.8, 4) is 0 Å². The van der Waals surface area contributed by atoms with Crippen LogP contribution in [0, 0.1) is 0 Å². The molecule has 0 spiro atoms. The first kappa shape index (κ1) is 20.7. The summed E-state index contributed by atoms with van der Waals surface area (Å²) >= 11 is 14.4. The first-order chi connectivity index (χ1) is 12.3. The number of hydrazine groups is 1. The molecule has 0 saturated carbocycles. The number of hydrogen-bond donors (Lipinski definition) is 3. The van der Waals surface area contributed by atoms with Gasteiger partial charge in [0.05, 0.1) is 10.6 Å². The normalized spacial score (nSPS) is 12.2. The summed E-state index contributed by atoms with van der Waals surface area (Å²) in [6.45, 7) is 0. The highest BCUT2D eigenvalue weighted by Gasteiger charge is 2.25. The van der Waals surface area contributed by atoms with Crippen LogP contribution in [0.1, 0.15) is 17.9 Å². The van der Waals surface area contributed by atoms with Crippen LogP contribution in [0.3, 0.4) is 0 Å². The van der Waals surface area contributed by atoms with Gasteiger partial charge in [-0.05, 0) is 29.8 Å². The number of nitrogens with one attached hydrogen (secondary N) is 2. The molecule has 1 amide bonds. The van der Waals surface area contributed by atoms with Crippen molar-refractivity contribution in [2.45, 2.75) is 17.2 Å². The largest absolute Gasteiger partial charge is 0.283 e. The first-order valence-corrected chi connectivity index (χ1v) is 10.5. The fourth-order valence-corrected chi connectivity index (χ4v) is 4.22. The Labute approximate surface area is 168 Å². The van der Waals surface area contributed by atoms with E-state index < -0.39 is 15.8 Å². The SMILES string of the molecule is O=C(CC(CS(=O)(=O)c1ccc(Cl)cc1)c1ccccc1)NNC(=S)S. The van der Waals surface area contributed by atoms with Crippen molar-refractivity contribution in [1.82, 2.24) is 10.9 Å². The highest BCUT2D eigenvalue weighted by atomic mass is 35.5. The Morgan fingerprint density at radius 1 is 1.08 bits per heavy atom. The van der Waals surface area contributed by atoms with Crippen molar-refractivity contribution in [3.63, 3.8) is 0 Å². The van der Waals surface area contributed by atoms with Gasteiger partial charge in [0, 0.05) is 17.4 Å². The van der Waals surface area contributed by atoms with Gasteiger partial charge in [0.1, 0.15) is 4.32 Å². The third kappa shape index (κ3) is 6.28. The second kappa shape index (κ2) is 9.36. The van der Waals surface area contributed by atoms with E-state index in [0.29, 0.717) is 5.02 Å². The molecule has 2 N–H and O–H groups in total. The molecule has 0 fully saturated rings. The highest BCUT2D eigenvalue weighted by molar-refractivity contribution is 8.11. The number of halogens is 1. The number of thiol groups is 1. The van der Waals surface area contributed by atoms with Gasteiger partial charge < -0.3 is 0 Å². The van der Waals surface area contributed by atoms with Gasteiger partial charge in [0.25, 0.3) is 0 Å². The molecule has 0 aliphatic heterocycles. The minimum absolute atomic E-state index is 0.0276. The number of benzene rings is 2. The number of rotatable bonds is 6. The Morgan fingerprint density at radius 2 is 1.69 bits per heavy atom. The topological polar surface area (TPSA) is 75.3 Å². The average molecular weight is 429 g/mol. The van der Waals surface area contributed by atoms with E-state index in [4.69, 9.17) is 23.8 Å². The van der Waals surface area contributed by atoms with Crippen LogP contribution >= 0.6 is 36.4 Å². The molecule has 0 radical (unpaired) electrons. The van der Waals surface area contributed by atoms with E-state index in [2.05, 4.69) is 23.5 Å². The van der Waals surface area contributed by atoms with Gasteiger partial charge in [-0.25, -0.2) is 8.42 Å². The Balaban J connectivity index is 2.22. The van der Waals surface area contributed by atoms with Crippen LogP contribution in [0.5, 0.6) is 0 Å². The molecule has 1 unspecified atom stereocenters. The quantitative estimate of drug-likeness (QED) is 0.374. The monoisotopic (exact) mass is 428 g/mol. The molecule has 0 heterocycles. The Hall–Kier alpha value is -1.61. The van der Waals surface area contributed by atoms with E-state index in [-0.39, 0.29) is 27.3 Å². The predicted molar refractivity (Wildman–Crippen MR) is 110 cm³/mol. The van der Waals surface area contributed by atoms with Crippen molar-refractivity contribution < 1.29 is 13.2 Å². The van der Waals surface area contributed by atoms with E-state index in [9.17, 15) is 13.2 Å². The zero-order valence-corrected chi connectivity index (χ0v) is 16.8. The van der Waals surface area contributed by atoms with Crippen LogP contribution in [0.4, 0.5) is 0 Å². The molecule has 138 valence electrons. The minimum Gasteiger partial charge on any atom is -0.283 e. The lowest BCUT2D eigenvalue weighted by molar-refractivity contribution is -0.121. The molecule has 26 heavy (non-hydrogen) atoms. The van der Waals surface area contributed by atoms with Crippen molar-refractivity contribution in [3.05, 3.63) is 65.2 Å². The Bertz CT molecular complexity index is 872. The number of hydrogen-bond acceptors (Lipinski definition) is 4. The Kier molecular flexibility index (Phi) is 7.45. The van der Waals surface area contributed by atoms with Crippen LogP contribution in [0.25, 0.3) is 0 Å². The molecule has 2 aromatic carbocycles. The summed E-state index contributed by atoms with van der Waals surface area (Å²) in [5.74, 6) is -1.12. The smallest absolute Gasteiger partial charge is 0.238 e. The zero-order valence-electron chi connectivity index (χ0n) is 13.6. The first-order valence-electron chi connectivity index (χ1n) is 7.59. The molecule has 0 aliphatic carbocycles. The second-order valence-electron chi connectivity index (χ2n) is 5.53. The van der Waals surface area contributed by atoms with E-state index >= 15 is 0 Å². The van der Waals surface area contributed by atoms with Crippen LogP contribution in [-0.2, 0) is 14.6 Å². The number of carbonyl (C=O) groups is 1. The molecule has 1 atom stereocenters. The summed E-state index contributed by atoms with van der Waals surface area (Å²) in [4.78, 5) is 12.3. The van der Waals surface area contributed by atoms with Crippen LogP contribution in [0.15, 0.2) is 59.5 Å². The van der Waals surface area contributed by atoms with Crippen molar-refractivity contribution in [2.75, 3.05) is 5.75 Å². The van der Waals surface area contributed by atoms with E-state index in [1.807, 2.05) is 6.07 Å². The maximum atomic E-state index is 12.8. The van der Waals surface area contributed by atoms with Crippen molar-refractivity contribution in [1.29, 1.82) is 0 Å². The van der Waals surface area contributed by atoms with Gasteiger partial charge >= 0.3 is 0 Å². The van der Waals surface area contributed by atoms with Gasteiger partial charge in [-0.2, -0.15) is 0 Å². The summed E-state index contributed by atoms with van der Waals surface area (Å²) in [5.41, 5.74) is 5.59. The number of sulfone groups is 1. The lowest BCUT2D eigenvalue weighted by Gasteiger charge is -2.18. The van der Waals surface area contributed by atoms with E-state index in [0.717, 1.165) is 5.56 Å². The zero-order chi connectivity index (χ0) is 19.2. The predicted octanol–water partition coefficient (Wildman–Crippen LogP) is 3.12. The second-order valence-corrected chi connectivity index (χ2v) is 9.15. The van der Waals surface area contributed by atoms with E-state index in [1.54, 1.807) is 24.3 Å². The van der Waals surface area contributed by atoms with Crippen molar-refractivity contribution in [2.24, 2.45) is 0 Å². The molecule has 9 heteroatoms. The molecule has 0 bridgehead atoms. The molecule has 0 aliphatic rings. The van der Waals surface area contributed by atoms with Gasteiger partial charge in [-0.1, -0.05) is 54.2 Å². The summed E-state index contributed by atoms with van der Waals surface area (Å²) in [6.07, 6.45) is -0.0276. The third-order valence-electron chi connectivity index (χ3n) is 3.60. The maximum absolute atomic E-state index is 12.8. The Morgan fingerprint density at radius 3 is 2.27 bits per heavy atom. The molecular formula is C17H17ClN2O3S3. The van der Waals surface area contributed by atoms with Crippen LogP contribution in [0.2, 0.25) is 5.02 Å². The molecule has 0 saturated heterocycles. The average Bonchev–Trinajstić information content (AvgIpc) is 2.60. The molecule has 2 aromatic rings. The van der Waals surface area contributed by atoms with Gasteiger partial charge in [0.15, 0.2) is 9.84 Å². The number of amides is 1. The lowest BCUT2D eigenvalue weighted by atomic mass is 9.97. The highest BCUT2D eigenvalue weighted by Crippen LogP contribution is 2.25. The van der Waals surface area contributed by atoms with Gasteiger partial charge in [-0.15, -0.1) is 12.6 Å². The van der Waals surface area contributed by atoms with Crippen LogP contribution < -0.4 is 10.9 Å². The fourth-order valence-electron chi connectivity index (χ4n) is 2.40.